The van der Waals surface area contributed by atoms with Gasteiger partial charge in [-0.25, -0.2) is 0 Å². The molecule has 2 N–H and O–H groups in total. The van der Waals surface area contributed by atoms with Gasteiger partial charge in [-0.2, -0.15) is 12.6 Å². The Labute approximate surface area is 59.1 Å². The SMILES string of the molecule is O=C(O)C(S)CCCO. The summed E-state index contributed by atoms with van der Waals surface area (Å²) in [5.41, 5.74) is 0. The van der Waals surface area contributed by atoms with Gasteiger partial charge in [0.1, 0.15) is 0 Å². The number of thiol groups is 1. The summed E-state index contributed by atoms with van der Waals surface area (Å²) in [5, 5.41) is 15.9. The van der Waals surface area contributed by atoms with Crippen LogP contribution in [0.4, 0.5) is 0 Å². The standard InChI is InChI=1S/C5H10O3S/c6-3-1-2-4(9)5(7)8/h4,6,9H,1-3H2,(H,7,8). The van der Waals surface area contributed by atoms with E-state index in [2.05, 4.69) is 12.6 Å². The van der Waals surface area contributed by atoms with Crippen LogP contribution in [0.15, 0.2) is 0 Å². The molecule has 54 valence electrons. The summed E-state index contributed by atoms with van der Waals surface area (Å²) >= 11 is 3.75. The van der Waals surface area contributed by atoms with Crippen LogP contribution in [-0.2, 0) is 4.79 Å². The quantitative estimate of drug-likeness (QED) is 0.500. The summed E-state index contributed by atoms with van der Waals surface area (Å²) in [6, 6.07) is 0. The molecule has 0 spiro atoms. The third-order valence-corrected chi connectivity index (χ3v) is 1.40. The molecule has 0 rings (SSSR count). The molecule has 0 saturated heterocycles. The monoisotopic (exact) mass is 150 g/mol. The maximum absolute atomic E-state index is 10.0. The minimum Gasteiger partial charge on any atom is -0.480 e. The van der Waals surface area contributed by atoms with Crippen LogP contribution in [0, 0.1) is 0 Å². The van der Waals surface area contributed by atoms with Gasteiger partial charge in [-0.05, 0) is 12.8 Å². The fourth-order valence-electron chi connectivity index (χ4n) is 0.408. The Hall–Kier alpha value is -0.220. The van der Waals surface area contributed by atoms with E-state index in [0.717, 1.165) is 0 Å². The number of carbonyl (C=O) groups is 1. The van der Waals surface area contributed by atoms with E-state index in [-0.39, 0.29) is 6.61 Å². The van der Waals surface area contributed by atoms with Crippen molar-refractivity contribution in [1.82, 2.24) is 0 Å². The van der Waals surface area contributed by atoms with Gasteiger partial charge < -0.3 is 10.2 Å². The first kappa shape index (κ1) is 8.78. The zero-order chi connectivity index (χ0) is 7.28. The second-order valence-corrected chi connectivity index (χ2v) is 2.34. The lowest BCUT2D eigenvalue weighted by molar-refractivity contribution is -0.136. The van der Waals surface area contributed by atoms with Crippen LogP contribution in [0.5, 0.6) is 0 Å². The predicted molar refractivity (Wildman–Crippen MR) is 36.7 cm³/mol. The Bertz CT molecular complexity index is 94.2. The molecule has 0 saturated carbocycles. The number of carboxylic acid groups (broad SMARTS) is 1. The second kappa shape index (κ2) is 4.64. The van der Waals surface area contributed by atoms with E-state index in [1.807, 2.05) is 0 Å². The third-order valence-electron chi connectivity index (χ3n) is 0.921. The lowest BCUT2D eigenvalue weighted by atomic mass is 10.2. The Kier molecular flexibility index (Phi) is 4.53. The fourth-order valence-corrected chi connectivity index (χ4v) is 0.591. The summed E-state index contributed by atoms with van der Waals surface area (Å²) in [7, 11) is 0. The third kappa shape index (κ3) is 4.29. The molecule has 0 aromatic rings. The largest absolute Gasteiger partial charge is 0.480 e. The van der Waals surface area contributed by atoms with Crippen LogP contribution in [0.25, 0.3) is 0 Å². The predicted octanol–water partition coefficient (Wildman–Crippen LogP) is 0.142. The van der Waals surface area contributed by atoms with Crippen molar-refractivity contribution in [2.24, 2.45) is 0 Å². The zero-order valence-corrected chi connectivity index (χ0v) is 5.84. The van der Waals surface area contributed by atoms with Crippen LogP contribution < -0.4 is 0 Å². The average molecular weight is 150 g/mol. The molecule has 0 radical (unpaired) electrons. The maximum Gasteiger partial charge on any atom is 0.316 e. The molecule has 0 bridgehead atoms. The Morgan fingerprint density at radius 1 is 1.67 bits per heavy atom. The molecule has 9 heavy (non-hydrogen) atoms. The maximum atomic E-state index is 10.0. The fraction of sp³-hybridized carbons (Fsp3) is 0.800. The summed E-state index contributed by atoms with van der Waals surface area (Å²) in [5.74, 6) is -0.924. The van der Waals surface area contributed by atoms with Gasteiger partial charge in [0.05, 0.1) is 5.25 Å². The summed E-state index contributed by atoms with van der Waals surface area (Å²) < 4.78 is 0. The molecule has 0 amide bonds. The van der Waals surface area contributed by atoms with Crippen molar-refractivity contribution in [1.29, 1.82) is 0 Å². The minimum absolute atomic E-state index is 0.0321. The van der Waals surface area contributed by atoms with E-state index < -0.39 is 11.2 Å². The molecule has 0 aromatic carbocycles. The number of aliphatic carboxylic acids is 1. The molecular weight excluding hydrogens is 140 g/mol. The van der Waals surface area contributed by atoms with E-state index in [9.17, 15) is 4.79 Å². The highest BCUT2D eigenvalue weighted by molar-refractivity contribution is 7.81. The van der Waals surface area contributed by atoms with Gasteiger partial charge in [0.2, 0.25) is 0 Å². The summed E-state index contributed by atoms with van der Waals surface area (Å²) in [6.45, 7) is 0.0321. The summed E-state index contributed by atoms with van der Waals surface area (Å²) in [4.78, 5) is 10.0. The molecule has 0 aliphatic carbocycles. The van der Waals surface area contributed by atoms with Gasteiger partial charge in [-0.1, -0.05) is 0 Å². The Balaban J connectivity index is 3.27. The van der Waals surface area contributed by atoms with E-state index in [4.69, 9.17) is 10.2 Å². The lowest BCUT2D eigenvalue weighted by Crippen LogP contribution is -2.13. The van der Waals surface area contributed by atoms with E-state index >= 15 is 0 Å². The average Bonchev–Trinajstić information content (AvgIpc) is 1.82. The minimum atomic E-state index is -0.924. The van der Waals surface area contributed by atoms with Gasteiger partial charge in [0.25, 0.3) is 0 Å². The van der Waals surface area contributed by atoms with E-state index in [1.54, 1.807) is 0 Å². The van der Waals surface area contributed by atoms with Crippen molar-refractivity contribution < 1.29 is 15.0 Å². The first-order valence-electron chi connectivity index (χ1n) is 2.70. The van der Waals surface area contributed by atoms with E-state index in [1.165, 1.54) is 0 Å². The van der Waals surface area contributed by atoms with Crippen LogP contribution in [0.2, 0.25) is 0 Å². The van der Waals surface area contributed by atoms with Crippen LogP contribution in [0.3, 0.4) is 0 Å². The Morgan fingerprint density at radius 2 is 2.22 bits per heavy atom. The first-order chi connectivity index (χ1) is 4.18. The number of hydrogen-bond donors (Lipinski definition) is 3. The molecular formula is C5H10O3S. The van der Waals surface area contributed by atoms with Crippen LogP contribution >= 0.6 is 12.6 Å². The normalized spacial score (nSPS) is 13.1. The van der Waals surface area contributed by atoms with Crippen molar-refractivity contribution in [2.45, 2.75) is 18.1 Å². The lowest BCUT2D eigenvalue weighted by Gasteiger charge is -2.00. The van der Waals surface area contributed by atoms with Crippen molar-refractivity contribution in [3.63, 3.8) is 0 Å². The van der Waals surface area contributed by atoms with Crippen LogP contribution in [-0.4, -0.2) is 28.0 Å². The number of aliphatic hydroxyl groups excluding tert-OH is 1. The molecule has 1 atom stereocenters. The van der Waals surface area contributed by atoms with Crippen molar-refractivity contribution in [3.8, 4) is 0 Å². The molecule has 0 aliphatic heterocycles. The van der Waals surface area contributed by atoms with Gasteiger partial charge in [0, 0.05) is 6.61 Å². The van der Waals surface area contributed by atoms with Gasteiger partial charge >= 0.3 is 5.97 Å². The topological polar surface area (TPSA) is 57.5 Å². The van der Waals surface area contributed by atoms with Gasteiger partial charge in [0.15, 0.2) is 0 Å². The number of rotatable bonds is 4. The van der Waals surface area contributed by atoms with Gasteiger partial charge in [-0.3, -0.25) is 4.79 Å². The molecule has 1 unspecified atom stereocenters. The highest BCUT2D eigenvalue weighted by atomic mass is 32.1. The molecule has 0 aliphatic rings. The van der Waals surface area contributed by atoms with Crippen molar-refractivity contribution in [2.75, 3.05) is 6.61 Å². The number of hydrogen-bond acceptors (Lipinski definition) is 3. The smallest absolute Gasteiger partial charge is 0.316 e. The van der Waals surface area contributed by atoms with Crippen molar-refractivity contribution >= 4 is 18.6 Å². The second-order valence-electron chi connectivity index (χ2n) is 1.72. The molecule has 0 heterocycles. The number of carboxylic acids is 1. The summed E-state index contributed by atoms with van der Waals surface area (Å²) in [6.07, 6.45) is 0.926. The molecule has 0 fully saturated rings. The Morgan fingerprint density at radius 3 is 2.56 bits per heavy atom. The number of aliphatic hydroxyl groups is 1. The van der Waals surface area contributed by atoms with Crippen LogP contribution in [0.1, 0.15) is 12.8 Å². The highest BCUT2D eigenvalue weighted by Gasteiger charge is 2.09. The van der Waals surface area contributed by atoms with Gasteiger partial charge in [-0.15, -0.1) is 0 Å². The molecule has 0 aromatic heterocycles. The highest BCUT2D eigenvalue weighted by Crippen LogP contribution is 2.03. The van der Waals surface area contributed by atoms with E-state index in [0.29, 0.717) is 12.8 Å². The first-order valence-corrected chi connectivity index (χ1v) is 3.22. The van der Waals surface area contributed by atoms with Crippen molar-refractivity contribution in [3.05, 3.63) is 0 Å². The molecule has 4 heteroatoms. The zero-order valence-electron chi connectivity index (χ0n) is 4.95. The molecule has 3 nitrogen and oxygen atoms in total.